The normalized spacial score (nSPS) is 14.9. The van der Waals surface area contributed by atoms with Gasteiger partial charge in [-0.1, -0.05) is 42.5 Å². The zero-order valence-electron chi connectivity index (χ0n) is 12.3. The Kier molecular flexibility index (Phi) is 4.90. The van der Waals surface area contributed by atoms with Gasteiger partial charge in [-0.3, -0.25) is 0 Å². The van der Waals surface area contributed by atoms with Crippen LogP contribution in [0.1, 0.15) is 11.1 Å². The molecule has 0 fully saturated rings. The highest BCUT2D eigenvalue weighted by Gasteiger charge is 2.46. The van der Waals surface area contributed by atoms with Crippen LogP contribution in [0.2, 0.25) is 0 Å². The third kappa shape index (κ3) is 2.73. The molecule has 0 aromatic heterocycles. The molecule has 0 heterocycles. The van der Waals surface area contributed by atoms with Crippen LogP contribution in [0.4, 0.5) is 4.39 Å². The van der Waals surface area contributed by atoms with E-state index >= 15 is 0 Å². The molecule has 2 aromatic carbocycles. The lowest BCUT2D eigenvalue weighted by molar-refractivity contribution is -0.167. The molecule has 5 heteroatoms. The average molecular weight is 304 g/mol. The Morgan fingerprint density at radius 3 is 2.27 bits per heavy atom. The van der Waals surface area contributed by atoms with Crippen molar-refractivity contribution >= 4 is 5.97 Å². The molecule has 0 amide bonds. The molecule has 2 atom stereocenters. The summed E-state index contributed by atoms with van der Waals surface area (Å²) < 4.78 is 23.8. The van der Waals surface area contributed by atoms with E-state index in [1.54, 1.807) is 36.4 Å². The number of ether oxygens (including phenoxy) is 2. The summed E-state index contributed by atoms with van der Waals surface area (Å²) in [4.78, 5) is 11.9. The van der Waals surface area contributed by atoms with E-state index < -0.39 is 23.5 Å². The summed E-state index contributed by atoms with van der Waals surface area (Å²) in [5.41, 5.74) is -0.726. The molecule has 2 unspecified atom stereocenters. The lowest BCUT2D eigenvalue weighted by Crippen LogP contribution is -2.47. The highest BCUT2D eigenvalue weighted by Crippen LogP contribution is 2.37. The van der Waals surface area contributed by atoms with Crippen molar-refractivity contribution < 1.29 is 23.8 Å². The van der Waals surface area contributed by atoms with E-state index in [1.165, 1.54) is 32.4 Å². The van der Waals surface area contributed by atoms with E-state index in [-0.39, 0.29) is 0 Å². The number of carbonyl (C=O) groups is 1. The maximum Gasteiger partial charge on any atom is 0.338 e. The molecule has 0 aliphatic heterocycles. The third-order valence-corrected chi connectivity index (χ3v) is 3.59. The maximum atomic E-state index is 13.6. The van der Waals surface area contributed by atoms with E-state index in [9.17, 15) is 14.3 Å². The number of aliphatic hydroxyl groups is 1. The maximum absolute atomic E-state index is 13.6. The predicted octanol–water partition coefficient (Wildman–Crippen LogP) is 2.25. The van der Waals surface area contributed by atoms with Crippen molar-refractivity contribution in [3.63, 3.8) is 0 Å². The van der Waals surface area contributed by atoms with E-state index in [2.05, 4.69) is 4.74 Å². The molecule has 2 rings (SSSR count). The Labute approximate surface area is 128 Å². The molecule has 0 saturated heterocycles. The highest BCUT2D eigenvalue weighted by molar-refractivity contribution is 5.77. The predicted molar refractivity (Wildman–Crippen MR) is 78.7 cm³/mol. The van der Waals surface area contributed by atoms with Crippen LogP contribution >= 0.6 is 0 Å². The number of benzene rings is 2. The summed E-state index contributed by atoms with van der Waals surface area (Å²) in [6.07, 6.45) is -1.65. The van der Waals surface area contributed by atoms with Crippen molar-refractivity contribution in [2.24, 2.45) is 0 Å². The molecule has 0 aliphatic rings. The van der Waals surface area contributed by atoms with E-state index in [0.717, 1.165) is 0 Å². The zero-order valence-corrected chi connectivity index (χ0v) is 12.3. The second kappa shape index (κ2) is 6.68. The number of aliphatic hydroxyl groups excluding tert-OH is 1. The van der Waals surface area contributed by atoms with Crippen LogP contribution in [0.5, 0.6) is 0 Å². The van der Waals surface area contributed by atoms with Gasteiger partial charge in [0.1, 0.15) is 5.82 Å². The molecule has 0 aliphatic carbocycles. The van der Waals surface area contributed by atoms with Gasteiger partial charge in [-0.2, -0.15) is 0 Å². The van der Waals surface area contributed by atoms with Crippen molar-refractivity contribution in [2.45, 2.75) is 11.7 Å². The summed E-state index contributed by atoms with van der Waals surface area (Å²) in [5, 5.41) is 10.5. The second-order valence-electron chi connectivity index (χ2n) is 4.74. The average Bonchev–Trinajstić information content (AvgIpc) is 2.56. The molecule has 0 saturated carbocycles. The smallest absolute Gasteiger partial charge is 0.338 e. The second-order valence-corrected chi connectivity index (χ2v) is 4.74. The van der Waals surface area contributed by atoms with E-state index in [0.29, 0.717) is 11.1 Å². The number of halogens is 1. The largest absolute Gasteiger partial charge is 0.467 e. The van der Waals surface area contributed by atoms with Gasteiger partial charge in [0.15, 0.2) is 11.7 Å². The SMILES string of the molecule is COC(=O)C(O)C(OC)(c1ccccc1)c1cccc(F)c1. The fourth-order valence-corrected chi connectivity index (χ4v) is 2.51. The van der Waals surface area contributed by atoms with Gasteiger partial charge in [-0.05, 0) is 23.3 Å². The monoisotopic (exact) mass is 304 g/mol. The van der Waals surface area contributed by atoms with Crippen molar-refractivity contribution in [1.29, 1.82) is 0 Å². The van der Waals surface area contributed by atoms with Crippen LogP contribution in [0.3, 0.4) is 0 Å². The number of esters is 1. The number of hydrogen-bond donors (Lipinski definition) is 1. The van der Waals surface area contributed by atoms with Crippen LogP contribution in [0, 0.1) is 5.82 Å². The molecule has 1 N–H and O–H groups in total. The van der Waals surface area contributed by atoms with Gasteiger partial charge in [0.05, 0.1) is 7.11 Å². The fourth-order valence-electron chi connectivity index (χ4n) is 2.51. The van der Waals surface area contributed by atoms with Gasteiger partial charge in [0.25, 0.3) is 0 Å². The molecule has 116 valence electrons. The quantitative estimate of drug-likeness (QED) is 0.861. The lowest BCUT2D eigenvalue weighted by Gasteiger charge is -2.36. The number of hydrogen-bond acceptors (Lipinski definition) is 4. The topological polar surface area (TPSA) is 55.8 Å². The summed E-state index contributed by atoms with van der Waals surface area (Å²) in [6, 6.07) is 14.2. The van der Waals surface area contributed by atoms with Gasteiger partial charge in [0.2, 0.25) is 0 Å². The number of methoxy groups -OCH3 is 2. The first-order chi connectivity index (χ1) is 10.6. The number of carbonyl (C=O) groups excluding carboxylic acids is 1. The van der Waals surface area contributed by atoms with Crippen molar-refractivity contribution in [3.8, 4) is 0 Å². The molecule has 0 bridgehead atoms. The lowest BCUT2D eigenvalue weighted by atomic mass is 9.81. The van der Waals surface area contributed by atoms with Gasteiger partial charge >= 0.3 is 5.97 Å². The standard InChI is InChI=1S/C17H17FO4/c1-21-16(20)15(19)17(22-2,12-7-4-3-5-8-12)13-9-6-10-14(18)11-13/h3-11,15,19H,1-2H3. The molecular weight excluding hydrogens is 287 g/mol. The highest BCUT2D eigenvalue weighted by atomic mass is 19.1. The molecule has 0 spiro atoms. The Bertz CT molecular complexity index is 644. The molecule has 4 nitrogen and oxygen atoms in total. The van der Waals surface area contributed by atoms with Crippen LogP contribution in [-0.4, -0.2) is 31.4 Å². The zero-order chi connectivity index (χ0) is 16.2. The Morgan fingerprint density at radius 1 is 1.09 bits per heavy atom. The van der Waals surface area contributed by atoms with Crippen molar-refractivity contribution in [2.75, 3.05) is 14.2 Å². The first-order valence-electron chi connectivity index (χ1n) is 6.69. The van der Waals surface area contributed by atoms with Gasteiger partial charge < -0.3 is 14.6 Å². The van der Waals surface area contributed by atoms with E-state index in [1.807, 2.05) is 0 Å². The summed E-state index contributed by atoms with van der Waals surface area (Å²) in [7, 11) is 2.52. The summed E-state index contributed by atoms with van der Waals surface area (Å²) in [5.74, 6) is -1.36. The van der Waals surface area contributed by atoms with Gasteiger partial charge in [0, 0.05) is 7.11 Å². The summed E-state index contributed by atoms with van der Waals surface area (Å²) >= 11 is 0. The van der Waals surface area contributed by atoms with E-state index in [4.69, 9.17) is 4.74 Å². The summed E-state index contributed by atoms with van der Waals surface area (Å²) in [6.45, 7) is 0. The fraction of sp³-hybridized carbons (Fsp3) is 0.235. The van der Waals surface area contributed by atoms with Gasteiger partial charge in [-0.15, -0.1) is 0 Å². The first-order valence-corrected chi connectivity index (χ1v) is 6.69. The number of rotatable bonds is 5. The molecular formula is C17H17FO4. The third-order valence-electron chi connectivity index (χ3n) is 3.59. The minimum Gasteiger partial charge on any atom is -0.467 e. The van der Waals surface area contributed by atoms with Gasteiger partial charge in [-0.25, -0.2) is 9.18 Å². The minimum absolute atomic E-state index is 0.319. The van der Waals surface area contributed by atoms with Crippen molar-refractivity contribution in [1.82, 2.24) is 0 Å². The Morgan fingerprint density at radius 2 is 1.73 bits per heavy atom. The molecule has 0 radical (unpaired) electrons. The van der Waals surface area contributed by atoms with Crippen LogP contribution in [0.25, 0.3) is 0 Å². The molecule has 22 heavy (non-hydrogen) atoms. The first kappa shape index (κ1) is 16.1. The Balaban J connectivity index is 2.69. The minimum atomic E-state index is -1.65. The molecule has 2 aromatic rings. The van der Waals surface area contributed by atoms with Crippen molar-refractivity contribution in [3.05, 3.63) is 71.5 Å². The van der Waals surface area contributed by atoms with Crippen LogP contribution in [0.15, 0.2) is 54.6 Å². The Hall–Kier alpha value is -2.24. The van der Waals surface area contributed by atoms with Crippen LogP contribution in [-0.2, 0) is 19.9 Å². The van der Waals surface area contributed by atoms with Crippen LogP contribution < -0.4 is 0 Å².